The second-order valence-corrected chi connectivity index (χ2v) is 4.60. The van der Waals surface area contributed by atoms with Gasteiger partial charge in [-0.25, -0.2) is 9.67 Å². The monoisotopic (exact) mass is 293 g/mol. The number of nitrogens with zero attached hydrogens (tertiary/aromatic N) is 4. The van der Waals surface area contributed by atoms with E-state index in [1.807, 2.05) is 18.7 Å². The quantitative estimate of drug-likeness (QED) is 0.773. The zero-order chi connectivity index (χ0) is 15.4. The average molecular weight is 293 g/mol. The number of H-pyrrole nitrogens is 1. The van der Waals surface area contributed by atoms with Gasteiger partial charge < -0.3 is 9.72 Å². The smallest absolute Gasteiger partial charge is 0.324 e. The van der Waals surface area contributed by atoms with Crippen LogP contribution in [-0.4, -0.2) is 49.7 Å². The summed E-state index contributed by atoms with van der Waals surface area (Å²) >= 11 is 0. The van der Waals surface area contributed by atoms with E-state index >= 15 is 0 Å². The first-order chi connectivity index (χ1) is 10.1. The highest BCUT2D eigenvalue weighted by Crippen LogP contribution is 2.06. The summed E-state index contributed by atoms with van der Waals surface area (Å²) in [6.07, 6.45) is 2.70. The van der Waals surface area contributed by atoms with E-state index in [1.165, 1.54) is 17.2 Å². The lowest BCUT2D eigenvalue weighted by atomic mass is 10.3. The number of esters is 1. The van der Waals surface area contributed by atoms with Gasteiger partial charge in [-0.05, 0) is 20.0 Å². The lowest BCUT2D eigenvalue weighted by Crippen LogP contribution is -2.40. The predicted octanol–water partition coefficient (Wildman–Crippen LogP) is 0.351. The van der Waals surface area contributed by atoms with Gasteiger partial charge in [-0.15, -0.1) is 0 Å². The number of fused-ring (bicyclic) bond motifs is 1. The third-order valence-corrected chi connectivity index (χ3v) is 3.47. The first-order valence-corrected chi connectivity index (χ1v) is 6.88. The summed E-state index contributed by atoms with van der Waals surface area (Å²) in [4.78, 5) is 32.0. The molecule has 0 radical (unpaired) electrons. The van der Waals surface area contributed by atoms with E-state index in [4.69, 9.17) is 4.74 Å². The maximum atomic E-state index is 12.0. The molecule has 114 valence electrons. The minimum Gasteiger partial charge on any atom is -0.441 e. The number of likely N-dealkylation sites (N-methyl/N-ethyl adjacent to an activating group) is 1. The standard InChI is InChI=1S/C13H19N5O3/c1-4-17(5-2)9(3)13(20)21-8-18-11-10(6-16-18)12(19)15-7-14-11/h6-7,9H,4-5,8H2,1-3H3,(H,14,15,19)/t9-/m0/s1. The van der Waals surface area contributed by atoms with Crippen molar-refractivity contribution in [2.75, 3.05) is 13.1 Å². The molecule has 2 aromatic heterocycles. The summed E-state index contributed by atoms with van der Waals surface area (Å²) in [6, 6.07) is -0.321. The van der Waals surface area contributed by atoms with E-state index in [2.05, 4.69) is 15.1 Å². The van der Waals surface area contributed by atoms with Crippen LogP contribution < -0.4 is 5.56 Å². The molecule has 2 heterocycles. The van der Waals surface area contributed by atoms with Crippen LogP contribution in [0.15, 0.2) is 17.3 Å². The Kier molecular flexibility index (Phi) is 4.69. The van der Waals surface area contributed by atoms with Crippen molar-refractivity contribution in [3.05, 3.63) is 22.9 Å². The molecule has 0 fully saturated rings. The van der Waals surface area contributed by atoms with Crippen molar-refractivity contribution in [2.24, 2.45) is 0 Å². The van der Waals surface area contributed by atoms with Gasteiger partial charge in [0.2, 0.25) is 0 Å². The highest BCUT2D eigenvalue weighted by atomic mass is 16.5. The highest BCUT2D eigenvalue weighted by Gasteiger charge is 2.20. The number of hydrogen-bond donors (Lipinski definition) is 1. The maximum absolute atomic E-state index is 12.0. The normalized spacial score (nSPS) is 12.8. The van der Waals surface area contributed by atoms with E-state index < -0.39 is 0 Å². The molecule has 0 aliphatic rings. The van der Waals surface area contributed by atoms with Crippen LogP contribution in [0.2, 0.25) is 0 Å². The lowest BCUT2D eigenvalue weighted by Gasteiger charge is -2.24. The van der Waals surface area contributed by atoms with Crippen molar-refractivity contribution in [3.8, 4) is 0 Å². The molecular formula is C13H19N5O3. The zero-order valence-electron chi connectivity index (χ0n) is 12.4. The Hall–Kier alpha value is -2.22. The summed E-state index contributed by atoms with van der Waals surface area (Å²) in [5.74, 6) is -0.327. The molecule has 8 nitrogen and oxygen atoms in total. The number of rotatable bonds is 6. The molecule has 0 aliphatic heterocycles. The van der Waals surface area contributed by atoms with Crippen LogP contribution in [0.4, 0.5) is 0 Å². The van der Waals surface area contributed by atoms with Gasteiger partial charge in [0.15, 0.2) is 12.4 Å². The second-order valence-electron chi connectivity index (χ2n) is 4.60. The van der Waals surface area contributed by atoms with Crippen LogP contribution >= 0.6 is 0 Å². The minimum atomic E-state index is -0.327. The number of ether oxygens (including phenoxy) is 1. The van der Waals surface area contributed by atoms with Gasteiger partial charge in [-0.3, -0.25) is 14.5 Å². The summed E-state index contributed by atoms with van der Waals surface area (Å²) in [5.41, 5.74) is 0.121. The molecule has 0 saturated heterocycles. The molecule has 0 saturated carbocycles. The molecule has 1 N–H and O–H groups in total. The fraction of sp³-hybridized carbons (Fsp3) is 0.538. The Bertz CT molecular complexity index is 674. The number of aromatic amines is 1. The molecule has 2 aromatic rings. The number of carbonyl (C=O) groups excluding carboxylic acids is 1. The maximum Gasteiger partial charge on any atom is 0.324 e. The lowest BCUT2D eigenvalue weighted by molar-refractivity contribution is -0.153. The Morgan fingerprint density at radius 1 is 1.48 bits per heavy atom. The Labute approximate surface area is 121 Å². The number of nitrogens with one attached hydrogen (secondary N) is 1. The van der Waals surface area contributed by atoms with Crippen molar-refractivity contribution in [1.82, 2.24) is 24.6 Å². The fourth-order valence-electron chi connectivity index (χ4n) is 2.17. The van der Waals surface area contributed by atoms with Crippen LogP contribution in [-0.2, 0) is 16.3 Å². The Morgan fingerprint density at radius 2 is 2.19 bits per heavy atom. The van der Waals surface area contributed by atoms with Crippen LogP contribution in [0.3, 0.4) is 0 Å². The third-order valence-electron chi connectivity index (χ3n) is 3.47. The van der Waals surface area contributed by atoms with Crippen molar-refractivity contribution in [3.63, 3.8) is 0 Å². The van der Waals surface area contributed by atoms with Crippen molar-refractivity contribution in [1.29, 1.82) is 0 Å². The van der Waals surface area contributed by atoms with Crippen molar-refractivity contribution < 1.29 is 9.53 Å². The summed E-state index contributed by atoms with van der Waals surface area (Å²) in [5, 5.41) is 4.38. The zero-order valence-corrected chi connectivity index (χ0v) is 12.4. The van der Waals surface area contributed by atoms with Gasteiger partial charge in [-0.1, -0.05) is 13.8 Å². The molecule has 1 atom stereocenters. The first kappa shape index (κ1) is 15.2. The molecule has 0 bridgehead atoms. The molecular weight excluding hydrogens is 274 g/mol. The summed E-state index contributed by atoms with van der Waals surface area (Å²) in [7, 11) is 0. The number of aromatic nitrogens is 4. The molecule has 21 heavy (non-hydrogen) atoms. The van der Waals surface area contributed by atoms with E-state index in [0.717, 1.165) is 13.1 Å². The average Bonchev–Trinajstić information content (AvgIpc) is 2.90. The minimum absolute atomic E-state index is 0.0651. The molecule has 0 aromatic carbocycles. The van der Waals surface area contributed by atoms with Crippen molar-refractivity contribution in [2.45, 2.75) is 33.5 Å². The summed E-state index contributed by atoms with van der Waals surface area (Å²) in [6.45, 7) is 7.27. The molecule has 0 spiro atoms. The van der Waals surface area contributed by atoms with Gasteiger partial charge in [0.05, 0.1) is 12.5 Å². The van der Waals surface area contributed by atoms with Crippen LogP contribution in [0.5, 0.6) is 0 Å². The number of carbonyl (C=O) groups is 1. The van der Waals surface area contributed by atoms with Gasteiger partial charge in [0.1, 0.15) is 11.4 Å². The van der Waals surface area contributed by atoms with E-state index in [0.29, 0.717) is 11.0 Å². The van der Waals surface area contributed by atoms with Gasteiger partial charge in [0, 0.05) is 0 Å². The molecule has 0 amide bonds. The van der Waals surface area contributed by atoms with Gasteiger partial charge in [0.25, 0.3) is 5.56 Å². The Morgan fingerprint density at radius 3 is 2.86 bits per heavy atom. The van der Waals surface area contributed by atoms with Crippen molar-refractivity contribution >= 4 is 17.0 Å². The SMILES string of the molecule is CCN(CC)[C@@H](C)C(=O)OCn1ncc2c(=O)[nH]cnc21. The van der Waals surface area contributed by atoms with Gasteiger partial charge >= 0.3 is 5.97 Å². The first-order valence-electron chi connectivity index (χ1n) is 6.88. The Balaban J connectivity index is 2.07. The van der Waals surface area contributed by atoms with Crippen LogP contribution in [0.1, 0.15) is 20.8 Å². The third kappa shape index (κ3) is 3.10. The molecule has 0 aliphatic carbocycles. The van der Waals surface area contributed by atoms with E-state index in [-0.39, 0.29) is 24.3 Å². The fourth-order valence-corrected chi connectivity index (χ4v) is 2.17. The van der Waals surface area contributed by atoms with Crippen LogP contribution in [0, 0.1) is 0 Å². The summed E-state index contributed by atoms with van der Waals surface area (Å²) < 4.78 is 6.63. The molecule has 0 unspecified atom stereocenters. The predicted molar refractivity (Wildman–Crippen MR) is 76.6 cm³/mol. The number of hydrogen-bond acceptors (Lipinski definition) is 6. The van der Waals surface area contributed by atoms with Gasteiger partial charge in [-0.2, -0.15) is 5.10 Å². The highest BCUT2D eigenvalue weighted by molar-refractivity contribution is 5.75. The van der Waals surface area contributed by atoms with E-state index in [1.54, 1.807) is 6.92 Å². The topological polar surface area (TPSA) is 93.1 Å². The second kappa shape index (κ2) is 6.49. The van der Waals surface area contributed by atoms with E-state index in [9.17, 15) is 9.59 Å². The van der Waals surface area contributed by atoms with Crippen LogP contribution in [0.25, 0.3) is 11.0 Å². The molecule has 8 heteroatoms. The molecule has 2 rings (SSSR count). The largest absolute Gasteiger partial charge is 0.441 e.